The van der Waals surface area contributed by atoms with Gasteiger partial charge >= 0.3 is 0 Å². The van der Waals surface area contributed by atoms with Gasteiger partial charge in [0, 0.05) is 18.2 Å². The molecule has 102 valence electrons. The maximum absolute atomic E-state index is 12.9. The Morgan fingerprint density at radius 3 is 2.35 bits per heavy atom. The second-order valence-electron chi connectivity index (χ2n) is 4.25. The Balaban J connectivity index is 2.36. The van der Waals surface area contributed by atoms with Crippen molar-refractivity contribution < 1.29 is 9.18 Å². The first-order valence-electron chi connectivity index (χ1n) is 5.93. The van der Waals surface area contributed by atoms with E-state index in [1.807, 2.05) is 0 Å². The van der Waals surface area contributed by atoms with Crippen LogP contribution < -0.4 is 10.6 Å². The number of hydrogen-bond donors (Lipinski definition) is 1. The molecule has 3 nitrogen and oxygen atoms in total. The van der Waals surface area contributed by atoms with Crippen LogP contribution in [0.25, 0.3) is 0 Å². The van der Waals surface area contributed by atoms with E-state index in [9.17, 15) is 9.18 Å². The van der Waals surface area contributed by atoms with Crippen molar-refractivity contribution in [1.29, 1.82) is 0 Å². The summed E-state index contributed by atoms with van der Waals surface area (Å²) >= 11 is 4.98. The number of hydrogen-bond acceptors (Lipinski definition) is 2. The molecule has 0 radical (unpaired) electrons. The van der Waals surface area contributed by atoms with E-state index in [1.165, 1.54) is 29.2 Å². The van der Waals surface area contributed by atoms with Crippen LogP contribution >= 0.6 is 12.2 Å². The molecule has 20 heavy (non-hydrogen) atoms. The standard InChI is InChI=1S/C15H13FN2OS/c1-18(13-5-3-2-4-12(13)14(17)20)15(19)10-6-8-11(16)9-7-10/h2-9H,1H3,(H2,17,20). The fourth-order valence-electron chi connectivity index (χ4n) is 1.87. The molecule has 0 aliphatic heterocycles. The summed E-state index contributed by atoms with van der Waals surface area (Å²) in [6.07, 6.45) is 0. The summed E-state index contributed by atoms with van der Waals surface area (Å²) in [6, 6.07) is 12.5. The third kappa shape index (κ3) is 2.83. The van der Waals surface area contributed by atoms with E-state index in [-0.39, 0.29) is 16.7 Å². The predicted molar refractivity (Wildman–Crippen MR) is 81.5 cm³/mol. The van der Waals surface area contributed by atoms with E-state index in [0.29, 0.717) is 16.8 Å². The molecule has 0 atom stereocenters. The molecule has 0 fully saturated rings. The van der Waals surface area contributed by atoms with Crippen LogP contribution in [-0.4, -0.2) is 17.9 Å². The lowest BCUT2D eigenvalue weighted by atomic mass is 10.1. The van der Waals surface area contributed by atoms with Crippen LogP contribution in [0.2, 0.25) is 0 Å². The smallest absolute Gasteiger partial charge is 0.258 e. The number of halogens is 1. The lowest BCUT2D eigenvalue weighted by Gasteiger charge is -2.20. The number of nitrogens with zero attached hydrogens (tertiary/aromatic N) is 1. The molecule has 0 heterocycles. The second kappa shape index (κ2) is 5.79. The van der Waals surface area contributed by atoms with Crippen molar-refractivity contribution in [1.82, 2.24) is 0 Å². The van der Waals surface area contributed by atoms with Crippen molar-refractivity contribution in [2.24, 2.45) is 5.73 Å². The van der Waals surface area contributed by atoms with Crippen molar-refractivity contribution in [3.8, 4) is 0 Å². The first-order chi connectivity index (χ1) is 9.50. The monoisotopic (exact) mass is 288 g/mol. The van der Waals surface area contributed by atoms with Crippen LogP contribution in [0.5, 0.6) is 0 Å². The maximum Gasteiger partial charge on any atom is 0.258 e. The van der Waals surface area contributed by atoms with Crippen molar-refractivity contribution in [3.63, 3.8) is 0 Å². The average molecular weight is 288 g/mol. The number of carbonyl (C=O) groups excluding carboxylic acids is 1. The van der Waals surface area contributed by atoms with Gasteiger partial charge < -0.3 is 10.6 Å². The summed E-state index contributed by atoms with van der Waals surface area (Å²) in [7, 11) is 1.63. The molecule has 0 saturated carbocycles. The number of anilines is 1. The minimum Gasteiger partial charge on any atom is -0.389 e. The number of rotatable bonds is 3. The molecule has 0 aliphatic rings. The maximum atomic E-state index is 12.9. The van der Waals surface area contributed by atoms with Gasteiger partial charge in [0.25, 0.3) is 5.91 Å². The van der Waals surface area contributed by atoms with Gasteiger partial charge in [0.2, 0.25) is 0 Å². The Labute approximate surface area is 121 Å². The van der Waals surface area contributed by atoms with Crippen molar-refractivity contribution in [3.05, 3.63) is 65.5 Å². The van der Waals surface area contributed by atoms with Crippen LogP contribution in [0.15, 0.2) is 48.5 Å². The zero-order chi connectivity index (χ0) is 14.7. The Bertz CT molecular complexity index is 655. The quantitative estimate of drug-likeness (QED) is 0.883. The van der Waals surface area contributed by atoms with E-state index in [4.69, 9.17) is 18.0 Å². The van der Waals surface area contributed by atoms with Gasteiger partial charge in [-0.2, -0.15) is 0 Å². The van der Waals surface area contributed by atoms with Gasteiger partial charge in [-0.1, -0.05) is 24.4 Å². The minimum absolute atomic E-state index is 0.222. The van der Waals surface area contributed by atoms with E-state index in [0.717, 1.165) is 0 Å². The normalized spacial score (nSPS) is 10.1. The number of carbonyl (C=O) groups is 1. The summed E-state index contributed by atoms with van der Waals surface area (Å²) in [6.45, 7) is 0. The van der Waals surface area contributed by atoms with Gasteiger partial charge in [-0.25, -0.2) is 4.39 Å². The highest BCUT2D eigenvalue weighted by Crippen LogP contribution is 2.21. The van der Waals surface area contributed by atoms with Crippen LogP contribution in [-0.2, 0) is 0 Å². The molecule has 2 N–H and O–H groups in total. The molecule has 0 unspecified atom stereocenters. The molecular formula is C15H13FN2OS. The predicted octanol–water partition coefficient (Wildman–Crippen LogP) is 2.74. The van der Waals surface area contributed by atoms with Gasteiger partial charge in [-0.05, 0) is 36.4 Å². The largest absolute Gasteiger partial charge is 0.389 e. The number of thiocarbonyl (C=S) groups is 1. The lowest BCUT2D eigenvalue weighted by molar-refractivity contribution is 0.0993. The van der Waals surface area contributed by atoms with Gasteiger partial charge in [-0.3, -0.25) is 4.79 Å². The van der Waals surface area contributed by atoms with E-state index in [2.05, 4.69) is 0 Å². The molecule has 0 aromatic heterocycles. The number of nitrogens with two attached hydrogens (primary N) is 1. The Morgan fingerprint density at radius 2 is 1.75 bits per heavy atom. The molecule has 0 aliphatic carbocycles. The molecule has 0 saturated heterocycles. The first-order valence-corrected chi connectivity index (χ1v) is 6.34. The fourth-order valence-corrected chi connectivity index (χ4v) is 2.04. The fraction of sp³-hybridized carbons (Fsp3) is 0.0667. The Hall–Kier alpha value is -2.27. The number of amides is 1. The third-order valence-electron chi connectivity index (χ3n) is 2.93. The molecule has 1 amide bonds. The first kappa shape index (κ1) is 14.1. The van der Waals surface area contributed by atoms with Crippen LogP contribution in [0.4, 0.5) is 10.1 Å². The molecule has 0 bridgehead atoms. The van der Waals surface area contributed by atoms with Crippen LogP contribution in [0.1, 0.15) is 15.9 Å². The van der Waals surface area contributed by atoms with Crippen molar-refractivity contribution in [2.45, 2.75) is 0 Å². The van der Waals surface area contributed by atoms with Crippen molar-refractivity contribution >= 4 is 28.8 Å². The van der Waals surface area contributed by atoms with E-state index in [1.54, 1.807) is 31.3 Å². The molecule has 5 heteroatoms. The van der Waals surface area contributed by atoms with E-state index < -0.39 is 0 Å². The van der Waals surface area contributed by atoms with Crippen LogP contribution in [0, 0.1) is 5.82 Å². The van der Waals surface area contributed by atoms with Gasteiger partial charge in [0.1, 0.15) is 10.8 Å². The second-order valence-corrected chi connectivity index (χ2v) is 4.69. The Kier molecular flexibility index (Phi) is 4.10. The summed E-state index contributed by atoms with van der Waals surface area (Å²) < 4.78 is 12.9. The molecule has 2 aromatic rings. The highest BCUT2D eigenvalue weighted by atomic mass is 32.1. The minimum atomic E-state index is -0.382. The highest BCUT2D eigenvalue weighted by molar-refractivity contribution is 7.80. The zero-order valence-corrected chi connectivity index (χ0v) is 11.7. The van der Waals surface area contributed by atoms with Gasteiger partial charge in [0.15, 0.2) is 0 Å². The van der Waals surface area contributed by atoms with Crippen LogP contribution in [0.3, 0.4) is 0 Å². The summed E-state index contributed by atoms with van der Waals surface area (Å²) in [5.74, 6) is -0.638. The summed E-state index contributed by atoms with van der Waals surface area (Å²) in [5.41, 5.74) is 7.30. The molecule has 0 spiro atoms. The Morgan fingerprint density at radius 1 is 1.15 bits per heavy atom. The average Bonchev–Trinajstić information content (AvgIpc) is 2.46. The summed E-state index contributed by atoms with van der Waals surface area (Å²) in [5, 5.41) is 0. The van der Waals surface area contributed by atoms with Gasteiger partial charge in [-0.15, -0.1) is 0 Å². The summed E-state index contributed by atoms with van der Waals surface area (Å²) in [4.78, 5) is 14.0. The number of para-hydroxylation sites is 1. The molecule has 2 rings (SSSR count). The lowest BCUT2D eigenvalue weighted by Crippen LogP contribution is -2.28. The molecular weight excluding hydrogens is 275 g/mol. The zero-order valence-electron chi connectivity index (χ0n) is 10.8. The topological polar surface area (TPSA) is 46.3 Å². The number of benzene rings is 2. The van der Waals surface area contributed by atoms with Crippen molar-refractivity contribution in [2.75, 3.05) is 11.9 Å². The molecule has 2 aromatic carbocycles. The SMILES string of the molecule is CN(C(=O)c1ccc(F)cc1)c1ccccc1C(N)=S. The third-order valence-corrected chi connectivity index (χ3v) is 3.15. The highest BCUT2D eigenvalue weighted by Gasteiger charge is 2.17. The van der Waals surface area contributed by atoms with E-state index >= 15 is 0 Å². The van der Waals surface area contributed by atoms with Gasteiger partial charge in [0.05, 0.1) is 5.69 Å².